The number of nitrogens with one attached hydrogen (secondary N) is 1. The number of carbonyl (C=O) groups is 1. The number of amides is 1. The van der Waals surface area contributed by atoms with Crippen LogP contribution in [0.5, 0.6) is 5.75 Å². The number of benzene rings is 2. The fourth-order valence-electron chi connectivity index (χ4n) is 2.67. The van der Waals surface area contributed by atoms with E-state index in [2.05, 4.69) is 10.5 Å². The number of hydrogen-bond donors (Lipinski definition) is 1. The molecule has 1 aromatic heterocycles. The van der Waals surface area contributed by atoms with Gasteiger partial charge in [0.05, 0.1) is 0 Å². The van der Waals surface area contributed by atoms with Gasteiger partial charge in [0.1, 0.15) is 18.3 Å². The smallest absolute Gasteiger partial charge is 0.236 e. The molecule has 1 aliphatic heterocycles. The first-order chi connectivity index (χ1) is 11.3. The standard InChI is InChI=1S/C18H14N2O3/c21-18(14-11-22-15-9-5-4-8-13(14)15)19-17-10-16(23-20-17)12-6-2-1-3-7-12/h1-10,14H,11H2,(H,19,20,21)/t14-/m0/s1. The largest absolute Gasteiger partial charge is 0.492 e. The summed E-state index contributed by atoms with van der Waals surface area (Å²) in [6.07, 6.45) is 0. The minimum atomic E-state index is -0.330. The summed E-state index contributed by atoms with van der Waals surface area (Å²) in [6, 6.07) is 18.9. The lowest BCUT2D eigenvalue weighted by Crippen LogP contribution is -2.22. The average molecular weight is 306 g/mol. The Labute approximate surface area is 132 Å². The quantitative estimate of drug-likeness (QED) is 0.805. The van der Waals surface area contributed by atoms with Crippen LogP contribution in [0.1, 0.15) is 11.5 Å². The molecule has 0 spiro atoms. The van der Waals surface area contributed by atoms with Gasteiger partial charge in [0.2, 0.25) is 5.91 Å². The van der Waals surface area contributed by atoms with Crippen LogP contribution < -0.4 is 10.1 Å². The molecule has 0 aliphatic carbocycles. The monoisotopic (exact) mass is 306 g/mol. The van der Waals surface area contributed by atoms with Crippen LogP contribution >= 0.6 is 0 Å². The van der Waals surface area contributed by atoms with Gasteiger partial charge < -0.3 is 14.6 Å². The lowest BCUT2D eigenvalue weighted by molar-refractivity contribution is -0.117. The zero-order valence-corrected chi connectivity index (χ0v) is 12.2. The van der Waals surface area contributed by atoms with E-state index in [1.165, 1.54) is 0 Å². The zero-order valence-electron chi connectivity index (χ0n) is 12.2. The first-order valence-corrected chi connectivity index (χ1v) is 7.36. The molecular formula is C18H14N2O3. The van der Waals surface area contributed by atoms with E-state index in [4.69, 9.17) is 9.26 Å². The Morgan fingerprint density at radius 1 is 1.09 bits per heavy atom. The normalized spacial score (nSPS) is 15.7. The molecule has 114 valence electrons. The number of carbonyl (C=O) groups excluding carboxylic acids is 1. The number of ether oxygens (including phenoxy) is 1. The van der Waals surface area contributed by atoms with Gasteiger partial charge in [0, 0.05) is 17.2 Å². The summed E-state index contributed by atoms with van der Waals surface area (Å²) < 4.78 is 10.8. The highest BCUT2D eigenvalue weighted by Crippen LogP contribution is 2.34. The van der Waals surface area contributed by atoms with Gasteiger partial charge in [-0.3, -0.25) is 4.79 Å². The highest BCUT2D eigenvalue weighted by Gasteiger charge is 2.30. The molecular weight excluding hydrogens is 292 g/mol. The summed E-state index contributed by atoms with van der Waals surface area (Å²) in [4.78, 5) is 12.5. The summed E-state index contributed by atoms with van der Waals surface area (Å²) in [7, 11) is 0. The number of aromatic nitrogens is 1. The summed E-state index contributed by atoms with van der Waals surface area (Å²) in [5.41, 5.74) is 1.81. The third-order valence-corrected chi connectivity index (χ3v) is 3.84. The first kappa shape index (κ1) is 13.6. The third-order valence-electron chi connectivity index (χ3n) is 3.84. The molecule has 0 fully saturated rings. The molecule has 0 saturated carbocycles. The van der Waals surface area contributed by atoms with E-state index >= 15 is 0 Å². The summed E-state index contributed by atoms with van der Waals surface area (Å²) >= 11 is 0. The number of para-hydroxylation sites is 1. The predicted molar refractivity (Wildman–Crippen MR) is 85.2 cm³/mol. The van der Waals surface area contributed by atoms with E-state index in [1.54, 1.807) is 6.07 Å². The van der Waals surface area contributed by atoms with Crippen molar-refractivity contribution in [3.63, 3.8) is 0 Å². The minimum Gasteiger partial charge on any atom is -0.492 e. The Kier molecular flexibility index (Phi) is 3.31. The third kappa shape index (κ3) is 2.57. The van der Waals surface area contributed by atoms with Crippen molar-refractivity contribution in [3.8, 4) is 17.1 Å². The topological polar surface area (TPSA) is 64.4 Å². The maximum atomic E-state index is 12.5. The Bertz CT molecular complexity index is 842. The minimum absolute atomic E-state index is 0.150. The molecule has 4 rings (SSSR count). The van der Waals surface area contributed by atoms with Crippen LogP contribution in [0, 0.1) is 0 Å². The van der Waals surface area contributed by atoms with Crippen LogP contribution in [0.4, 0.5) is 5.82 Å². The molecule has 0 saturated heterocycles. The maximum Gasteiger partial charge on any atom is 0.236 e. The van der Waals surface area contributed by atoms with Crippen molar-refractivity contribution >= 4 is 11.7 Å². The Morgan fingerprint density at radius 2 is 1.87 bits per heavy atom. The number of anilines is 1. The van der Waals surface area contributed by atoms with Crippen LogP contribution in [0.25, 0.3) is 11.3 Å². The molecule has 5 nitrogen and oxygen atoms in total. The predicted octanol–water partition coefficient (Wildman–Crippen LogP) is 3.46. The van der Waals surface area contributed by atoms with Crippen molar-refractivity contribution < 1.29 is 14.1 Å². The van der Waals surface area contributed by atoms with Crippen LogP contribution in [0.15, 0.2) is 65.2 Å². The van der Waals surface area contributed by atoms with Crippen LogP contribution in [0.2, 0.25) is 0 Å². The van der Waals surface area contributed by atoms with E-state index in [0.717, 1.165) is 16.9 Å². The van der Waals surface area contributed by atoms with E-state index in [1.807, 2.05) is 54.6 Å². The van der Waals surface area contributed by atoms with Gasteiger partial charge in [0.15, 0.2) is 11.6 Å². The van der Waals surface area contributed by atoms with E-state index in [9.17, 15) is 4.79 Å². The van der Waals surface area contributed by atoms with E-state index in [-0.39, 0.29) is 11.8 Å². The van der Waals surface area contributed by atoms with Crippen molar-refractivity contribution in [2.45, 2.75) is 5.92 Å². The number of hydrogen-bond acceptors (Lipinski definition) is 4. The maximum absolute atomic E-state index is 12.5. The fraction of sp³-hybridized carbons (Fsp3) is 0.111. The first-order valence-electron chi connectivity index (χ1n) is 7.36. The molecule has 23 heavy (non-hydrogen) atoms. The molecule has 1 aliphatic rings. The van der Waals surface area contributed by atoms with Crippen molar-refractivity contribution in [2.24, 2.45) is 0 Å². The lowest BCUT2D eigenvalue weighted by Gasteiger charge is -2.07. The van der Waals surface area contributed by atoms with Crippen molar-refractivity contribution in [2.75, 3.05) is 11.9 Å². The molecule has 0 unspecified atom stereocenters. The molecule has 1 N–H and O–H groups in total. The van der Waals surface area contributed by atoms with Gasteiger partial charge in [-0.25, -0.2) is 0 Å². The number of fused-ring (bicyclic) bond motifs is 1. The van der Waals surface area contributed by atoms with Gasteiger partial charge >= 0.3 is 0 Å². The van der Waals surface area contributed by atoms with Gasteiger partial charge in [-0.2, -0.15) is 0 Å². The van der Waals surface area contributed by atoms with Gasteiger partial charge in [0.25, 0.3) is 0 Å². The molecule has 0 radical (unpaired) electrons. The second-order valence-electron chi connectivity index (χ2n) is 5.33. The second-order valence-corrected chi connectivity index (χ2v) is 5.33. The SMILES string of the molecule is O=C(Nc1cc(-c2ccccc2)on1)[C@H]1COc2ccccc21. The van der Waals surface area contributed by atoms with Gasteiger partial charge in [-0.05, 0) is 6.07 Å². The molecule has 5 heteroatoms. The van der Waals surface area contributed by atoms with Crippen LogP contribution in [0.3, 0.4) is 0 Å². The van der Waals surface area contributed by atoms with Crippen molar-refractivity contribution in [1.29, 1.82) is 0 Å². The number of nitrogens with zero attached hydrogens (tertiary/aromatic N) is 1. The molecule has 2 aromatic carbocycles. The average Bonchev–Trinajstić information content (AvgIpc) is 3.22. The Morgan fingerprint density at radius 3 is 2.74 bits per heavy atom. The van der Waals surface area contributed by atoms with E-state index < -0.39 is 0 Å². The van der Waals surface area contributed by atoms with Crippen LogP contribution in [-0.2, 0) is 4.79 Å². The lowest BCUT2D eigenvalue weighted by atomic mass is 10.0. The fourth-order valence-corrected chi connectivity index (χ4v) is 2.67. The molecule has 2 heterocycles. The van der Waals surface area contributed by atoms with Crippen molar-refractivity contribution in [3.05, 3.63) is 66.2 Å². The van der Waals surface area contributed by atoms with Gasteiger partial charge in [-0.15, -0.1) is 0 Å². The number of rotatable bonds is 3. The highest BCUT2D eigenvalue weighted by molar-refractivity contribution is 5.96. The second kappa shape index (κ2) is 5.61. The Balaban J connectivity index is 1.51. The molecule has 1 atom stereocenters. The highest BCUT2D eigenvalue weighted by atomic mass is 16.5. The molecule has 3 aromatic rings. The zero-order chi connectivity index (χ0) is 15.6. The van der Waals surface area contributed by atoms with E-state index in [0.29, 0.717) is 18.2 Å². The summed E-state index contributed by atoms with van der Waals surface area (Å²) in [5, 5.41) is 6.70. The molecule has 1 amide bonds. The van der Waals surface area contributed by atoms with Gasteiger partial charge in [-0.1, -0.05) is 53.7 Å². The summed E-state index contributed by atoms with van der Waals surface area (Å²) in [6.45, 7) is 0.342. The van der Waals surface area contributed by atoms with Crippen LogP contribution in [-0.4, -0.2) is 17.7 Å². The van der Waals surface area contributed by atoms with Crippen molar-refractivity contribution in [1.82, 2.24) is 5.16 Å². The summed E-state index contributed by atoms with van der Waals surface area (Å²) in [5.74, 6) is 1.30. The Hall–Kier alpha value is -3.08. The molecule has 0 bridgehead atoms.